The Hall–Kier alpha value is -1.42. The molecule has 1 N–H and O–H groups in total. The van der Waals surface area contributed by atoms with Gasteiger partial charge in [-0.25, -0.2) is 4.39 Å². The van der Waals surface area contributed by atoms with E-state index in [4.69, 9.17) is 0 Å². The number of fused-ring (bicyclic) bond motifs is 1. The molecule has 0 radical (unpaired) electrons. The molecule has 1 amide bonds. The van der Waals surface area contributed by atoms with Crippen molar-refractivity contribution in [2.24, 2.45) is 0 Å². The molecule has 4 heteroatoms. The maximum Gasteiger partial charge on any atom is 0.251 e. The van der Waals surface area contributed by atoms with Gasteiger partial charge >= 0.3 is 0 Å². The monoisotopic (exact) mass is 335 g/mol. The number of carbonyl (C=O) groups excluding carboxylic acids is 1. The van der Waals surface area contributed by atoms with E-state index in [1.807, 2.05) is 12.1 Å². The number of halogens is 2. The standard InChI is InChI=1S/C16H15BrFNO/c17-16(18)7-5-11(6-8-16)15(20)19-14-9-12-3-1-2-4-13(12)10-14/h1-7,14H,8-10H2,(H,19,20). The molecule has 0 aromatic heterocycles. The zero-order valence-corrected chi connectivity index (χ0v) is 12.5. The minimum absolute atomic E-state index is 0.123. The molecule has 3 rings (SSSR count). The number of nitrogens with one attached hydrogen (secondary N) is 1. The second-order valence-corrected chi connectivity index (χ2v) is 6.62. The molecular formula is C16H15BrFNO. The molecule has 20 heavy (non-hydrogen) atoms. The average molecular weight is 336 g/mol. The zero-order valence-electron chi connectivity index (χ0n) is 10.9. The van der Waals surface area contributed by atoms with Crippen LogP contribution in [0.3, 0.4) is 0 Å². The molecule has 0 saturated heterocycles. The summed E-state index contributed by atoms with van der Waals surface area (Å²) in [5.41, 5.74) is 3.14. The first-order chi connectivity index (χ1) is 9.53. The van der Waals surface area contributed by atoms with E-state index in [0.29, 0.717) is 5.57 Å². The summed E-state index contributed by atoms with van der Waals surface area (Å²) in [6.45, 7) is 0. The summed E-state index contributed by atoms with van der Waals surface area (Å²) in [4.78, 5) is 12.1. The third-order valence-electron chi connectivity index (χ3n) is 3.75. The van der Waals surface area contributed by atoms with Crippen LogP contribution in [0.5, 0.6) is 0 Å². The van der Waals surface area contributed by atoms with E-state index in [9.17, 15) is 9.18 Å². The van der Waals surface area contributed by atoms with Crippen molar-refractivity contribution in [2.45, 2.75) is 29.9 Å². The third kappa shape index (κ3) is 2.85. The number of alkyl halides is 2. The number of amides is 1. The molecule has 1 unspecified atom stereocenters. The van der Waals surface area contributed by atoms with Gasteiger partial charge in [-0.15, -0.1) is 0 Å². The van der Waals surface area contributed by atoms with Crippen molar-refractivity contribution < 1.29 is 9.18 Å². The molecule has 0 aliphatic heterocycles. The van der Waals surface area contributed by atoms with Gasteiger partial charge in [-0.1, -0.05) is 30.3 Å². The van der Waals surface area contributed by atoms with E-state index in [2.05, 4.69) is 33.4 Å². The lowest BCUT2D eigenvalue weighted by molar-refractivity contribution is -0.117. The smallest absolute Gasteiger partial charge is 0.251 e. The van der Waals surface area contributed by atoms with Crippen LogP contribution in [0.1, 0.15) is 17.5 Å². The van der Waals surface area contributed by atoms with Crippen molar-refractivity contribution >= 4 is 21.8 Å². The summed E-state index contributed by atoms with van der Waals surface area (Å²) >= 11 is 2.95. The van der Waals surface area contributed by atoms with Gasteiger partial charge in [-0.3, -0.25) is 4.79 Å². The first-order valence-corrected chi connectivity index (χ1v) is 7.48. The minimum Gasteiger partial charge on any atom is -0.349 e. The third-order valence-corrected chi connectivity index (χ3v) is 4.34. The van der Waals surface area contributed by atoms with Crippen LogP contribution in [0.25, 0.3) is 0 Å². The minimum atomic E-state index is -1.51. The van der Waals surface area contributed by atoms with Crippen LogP contribution in [-0.4, -0.2) is 16.5 Å². The lowest BCUT2D eigenvalue weighted by Crippen LogP contribution is -2.36. The quantitative estimate of drug-likeness (QED) is 0.826. The Bertz CT molecular complexity index is 581. The highest BCUT2D eigenvalue weighted by Crippen LogP contribution is 2.31. The second-order valence-electron chi connectivity index (χ2n) is 5.31. The van der Waals surface area contributed by atoms with Gasteiger partial charge in [-0.05, 0) is 52.1 Å². The fourth-order valence-electron chi connectivity index (χ4n) is 2.69. The van der Waals surface area contributed by atoms with Gasteiger partial charge in [0, 0.05) is 18.0 Å². The van der Waals surface area contributed by atoms with Crippen molar-refractivity contribution in [3.05, 3.63) is 59.2 Å². The first-order valence-electron chi connectivity index (χ1n) is 6.68. The number of hydrogen-bond donors (Lipinski definition) is 1. The lowest BCUT2D eigenvalue weighted by Gasteiger charge is -2.18. The van der Waals surface area contributed by atoms with E-state index in [1.165, 1.54) is 23.3 Å². The van der Waals surface area contributed by atoms with Crippen LogP contribution in [0.4, 0.5) is 4.39 Å². The number of carbonyl (C=O) groups is 1. The maximum atomic E-state index is 13.5. The van der Waals surface area contributed by atoms with E-state index in [0.717, 1.165) is 12.8 Å². The van der Waals surface area contributed by atoms with Gasteiger partial charge in [0.05, 0.1) is 0 Å². The van der Waals surface area contributed by atoms with Gasteiger partial charge < -0.3 is 5.32 Å². The van der Waals surface area contributed by atoms with Gasteiger partial charge in [-0.2, -0.15) is 0 Å². The number of allylic oxidation sites excluding steroid dienone is 2. The molecule has 2 nitrogen and oxygen atoms in total. The summed E-state index contributed by atoms with van der Waals surface area (Å²) in [7, 11) is 0. The predicted octanol–water partition coefficient (Wildman–Crippen LogP) is 3.22. The van der Waals surface area contributed by atoms with Crippen molar-refractivity contribution in [1.29, 1.82) is 0 Å². The van der Waals surface area contributed by atoms with Crippen LogP contribution in [0.15, 0.2) is 48.1 Å². The van der Waals surface area contributed by atoms with Crippen molar-refractivity contribution in [3.63, 3.8) is 0 Å². The topological polar surface area (TPSA) is 29.1 Å². The SMILES string of the molecule is O=C(NC1Cc2ccccc2C1)C1=CCC(F)(Br)C=C1. The summed E-state index contributed by atoms with van der Waals surface area (Å²) in [5.74, 6) is -0.123. The van der Waals surface area contributed by atoms with Crippen LogP contribution >= 0.6 is 15.9 Å². The van der Waals surface area contributed by atoms with Gasteiger partial charge in [0.2, 0.25) is 0 Å². The molecule has 1 aromatic rings. The molecule has 2 aliphatic rings. The summed E-state index contributed by atoms with van der Waals surface area (Å²) in [5, 5.41) is 3.03. The summed E-state index contributed by atoms with van der Waals surface area (Å²) in [6, 6.07) is 8.38. The van der Waals surface area contributed by atoms with E-state index < -0.39 is 4.58 Å². The Morgan fingerprint density at radius 3 is 2.50 bits per heavy atom. The molecule has 104 valence electrons. The normalized spacial score (nSPS) is 25.2. The van der Waals surface area contributed by atoms with Crippen molar-refractivity contribution in [1.82, 2.24) is 5.32 Å². The van der Waals surface area contributed by atoms with Crippen LogP contribution in [0, 0.1) is 0 Å². The molecule has 0 heterocycles. The Balaban J connectivity index is 1.62. The highest BCUT2D eigenvalue weighted by molar-refractivity contribution is 9.10. The molecule has 1 aromatic carbocycles. The van der Waals surface area contributed by atoms with Crippen molar-refractivity contribution in [3.8, 4) is 0 Å². The lowest BCUT2D eigenvalue weighted by atomic mass is 10.0. The Kier molecular flexibility index (Phi) is 3.50. The van der Waals surface area contributed by atoms with Crippen LogP contribution in [-0.2, 0) is 17.6 Å². The predicted molar refractivity (Wildman–Crippen MR) is 80.4 cm³/mol. The fourth-order valence-corrected chi connectivity index (χ4v) is 2.99. The molecule has 1 atom stereocenters. The van der Waals surface area contributed by atoms with E-state index in [-0.39, 0.29) is 18.4 Å². The Labute approximate surface area is 125 Å². The first kappa shape index (κ1) is 13.6. The molecule has 0 fully saturated rings. The number of benzene rings is 1. The number of hydrogen-bond acceptors (Lipinski definition) is 1. The van der Waals surface area contributed by atoms with Gasteiger partial charge in [0.1, 0.15) is 0 Å². The van der Waals surface area contributed by atoms with E-state index >= 15 is 0 Å². The Morgan fingerprint density at radius 1 is 1.30 bits per heavy atom. The highest BCUT2D eigenvalue weighted by atomic mass is 79.9. The van der Waals surface area contributed by atoms with Gasteiger partial charge in [0.25, 0.3) is 5.91 Å². The van der Waals surface area contributed by atoms with Crippen LogP contribution in [0.2, 0.25) is 0 Å². The number of rotatable bonds is 2. The molecular weight excluding hydrogens is 321 g/mol. The van der Waals surface area contributed by atoms with E-state index in [1.54, 1.807) is 6.08 Å². The zero-order chi connectivity index (χ0) is 14.2. The molecule has 2 aliphatic carbocycles. The summed E-state index contributed by atoms with van der Waals surface area (Å²) in [6.07, 6.45) is 6.46. The van der Waals surface area contributed by atoms with Gasteiger partial charge in [0.15, 0.2) is 4.58 Å². The second kappa shape index (κ2) is 5.17. The molecule has 0 spiro atoms. The molecule has 0 bridgehead atoms. The summed E-state index contributed by atoms with van der Waals surface area (Å²) < 4.78 is 12.0. The maximum absolute atomic E-state index is 13.5. The highest BCUT2D eigenvalue weighted by Gasteiger charge is 2.27. The largest absolute Gasteiger partial charge is 0.349 e. The van der Waals surface area contributed by atoms with Crippen molar-refractivity contribution in [2.75, 3.05) is 0 Å². The fraction of sp³-hybridized carbons (Fsp3) is 0.312. The molecule has 0 saturated carbocycles. The van der Waals surface area contributed by atoms with Crippen LogP contribution < -0.4 is 5.32 Å². The average Bonchev–Trinajstić information content (AvgIpc) is 2.80. The Morgan fingerprint density at radius 2 is 1.95 bits per heavy atom.